The minimum absolute atomic E-state index is 0.140. The van der Waals surface area contributed by atoms with Crippen LogP contribution < -0.4 is 21.5 Å². The maximum absolute atomic E-state index is 5.57. The van der Waals surface area contributed by atoms with E-state index < -0.39 is 0 Å². The Morgan fingerprint density at radius 3 is 2.41 bits per heavy atom. The molecule has 1 aromatic heterocycles. The number of methoxy groups -OCH3 is 1. The molecule has 0 aliphatic heterocycles. The standard InChI is InChI=1S/C11H13N5O/c1-17-8-4-2-7(3-5-8)14-10-6-9(12)15-11(13)16-10/h2-6H,1H3,(H5,12,13,14,15,16). The van der Waals surface area contributed by atoms with E-state index in [9.17, 15) is 0 Å². The molecular formula is C11H13N5O. The Labute approximate surface area is 98.6 Å². The van der Waals surface area contributed by atoms with E-state index in [1.165, 1.54) is 0 Å². The quantitative estimate of drug-likeness (QED) is 0.738. The van der Waals surface area contributed by atoms with E-state index in [1.807, 2.05) is 24.3 Å². The Balaban J connectivity index is 2.19. The number of rotatable bonds is 3. The number of anilines is 4. The van der Waals surface area contributed by atoms with Gasteiger partial charge in [0.05, 0.1) is 7.11 Å². The van der Waals surface area contributed by atoms with Crippen LogP contribution in [0.4, 0.5) is 23.3 Å². The van der Waals surface area contributed by atoms with Crippen LogP contribution in [0, 0.1) is 0 Å². The molecule has 0 fully saturated rings. The monoisotopic (exact) mass is 231 g/mol. The molecule has 0 saturated heterocycles. The summed E-state index contributed by atoms with van der Waals surface area (Å²) in [6.07, 6.45) is 0. The average molecular weight is 231 g/mol. The van der Waals surface area contributed by atoms with Gasteiger partial charge >= 0.3 is 0 Å². The van der Waals surface area contributed by atoms with Crippen molar-refractivity contribution in [2.24, 2.45) is 0 Å². The van der Waals surface area contributed by atoms with Crippen molar-refractivity contribution in [2.45, 2.75) is 0 Å². The molecule has 5 N–H and O–H groups in total. The highest BCUT2D eigenvalue weighted by molar-refractivity contribution is 5.60. The SMILES string of the molecule is COc1ccc(Nc2cc(N)nc(N)n2)cc1. The third-order valence-electron chi connectivity index (χ3n) is 2.13. The predicted octanol–water partition coefficient (Wildman–Crippen LogP) is 1.39. The van der Waals surface area contributed by atoms with Crippen LogP contribution in [0.5, 0.6) is 5.75 Å². The van der Waals surface area contributed by atoms with Gasteiger partial charge in [-0.25, -0.2) is 0 Å². The predicted molar refractivity (Wildman–Crippen MR) is 67.1 cm³/mol. The molecule has 0 aliphatic rings. The molecule has 2 aromatic rings. The Kier molecular flexibility index (Phi) is 2.95. The second kappa shape index (κ2) is 4.56. The molecule has 1 heterocycles. The van der Waals surface area contributed by atoms with Gasteiger partial charge in [-0.15, -0.1) is 0 Å². The van der Waals surface area contributed by atoms with Crippen LogP contribution >= 0.6 is 0 Å². The van der Waals surface area contributed by atoms with E-state index in [1.54, 1.807) is 13.2 Å². The van der Waals surface area contributed by atoms with Gasteiger partial charge in [-0.05, 0) is 24.3 Å². The highest BCUT2D eigenvalue weighted by Crippen LogP contribution is 2.19. The molecule has 6 nitrogen and oxygen atoms in total. The Bertz CT molecular complexity index is 492. The summed E-state index contributed by atoms with van der Waals surface area (Å²) in [6, 6.07) is 9.04. The fourth-order valence-electron chi connectivity index (χ4n) is 1.37. The van der Waals surface area contributed by atoms with Crippen molar-refractivity contribution >= 4 is 23.3 Å². The molecule has 88 valence electrons. The Morgan fingerprint density at radius 1 is 1.12 bits per heavy atom. The first-order chi connectivity index (χ1) is 8.17. The number of benzene rings is 1. The van der Waals surface area contributed by atoms with Crippen molar-refractivity contribution in [3.63, 3.8) is 0 Å². The highest BCUT2D eigenvalue weighted by atomic mass is 16.5. The van der Waals surface area contributed by atoms with E-state index in [4.69, 9.17) is 16.2 Å². The van der Waals surface area contributed by atoms with Gasteiger partial charge in [0, 0.05) is 11.8 Å². The summed E-state index contributed by atoms with van der Waals surface area (Å²) >= 11 is 0. The molecule has 0 amide bonds. The van der Waals surface area contributed by atoms with E-state index in [-0.39, 0.29) is 5.95 Å². The lowest BCUT2D eigenvalue weighted by Gasteiger charge is -2.07. The maximum atomic E-state index is 5.57. The number of hydrogen-bond acceptors (Lipinski definition) is 6. The van der Waals surface area contributed by atoms with E-state index >= 15 is 0 Å². The first kappa shape index (κ1) is 11.0. The Morgan fingerprint density at radius 2 is 1.82 bits per heavy atom. The van der Waals surface area contributed by atoms with Crippen molar-refractivity contribution in [3.8, 4) is 5.75 Å². The van der Waals surface area contributed by atoms with E-state index in [0.29, 0.717) is 11.6 Å². The zero-order chi connectivity index (χ0) is 12.3. The van der Waals surface area contributed by atoms with Crippen molar-refractivity contribution in [2.75, 3.05) is 23.9 Å². The van der Waals surface area contributed by atoms with Crippen LogP contribution in [0.1, 0.15) is 0 Å². The molecule has 1 aromatic carbocycles. The summed E-state index contributed by atoms with van der Waals surface area (Å²) in [5.74, 6) is 1.81. The fourth-order valence-corrected chi connectivity index (χ4v) is 1.37. The molecule has 6 heteroatoms. The summed E-state index contributed by atoms with van der Waals surface area (Å²) in [4.78, 5) is 7.80. The lowest BCUT2D eigenvalue weighted by Crippen LogP contribution is -2.02. The van der Waals surface area contributed by atoms with Gasteiger partial charge in [-0.3, -0.25) is 0 Å². The number of ether oxygens (including phenoxy) is 1. The minimum atomic E-state index is 0.140. The van der Waals surface area contributed by atoms with E-state index in [2.05, 4.69) is 15.3 Å². The van der Waals surface area contributed by atoms with Crippen LogP contribution in [0.3, 0.4) is 0 Å². The highest BCUT2D eigenvalue weighted by Gasteiger charge is 2.00. The molecule has 0 bridgehead atoms. The molecule has 0 radical (unpaired) electrons. The normalized spacial score (nSPS) is 9.94. The van der Waals surface area contributed by atoms with Crippen LogP contribution in [0.2, 0.25) is 0 Å². The zero-order valence-corrected chi connectivity index (χ0v) is 9.34. The summed E-state index contributed by atoms with van der Waals surface area (Å²) in [6.45, 7) is 0. The molecule has 17 heavy (non-hydrogen) atoms. The summed E-state index contributed by atoms with van der Waals surface area (Å²) in [5.41, 5.74) is 11.9. The van der Waals surface area contributed by atoms with Crippen molar-refractivity contribution < 1.29 is 4.74 Å². The first-order valence-electron chi connectivity index (χ1n) is 4.98. The molecule has 0 aliphatic carbocycles. The third-order valence-corrected chi connectivity index (χ3v) is 2.13. The second-order valence-electron chi connectivity index (χ2n) is 3.39. The number of hydrogen-bond donors (Lipinski definition) is 3. The topological polar surface area (TPSA) is 99.1 Å². The van der Waals surface area contributed by atoms with Crippen LogP contribution in [0.25, 0.3) is 0 Å². The Hall–Kier alpha value is -2.50. The van der Waals surface area contributed by atoms with Crippen LogP contribution in [0.15, 0.2) is 30.3 Å². The van der Waals surface area contributed by atoms with Gasteiger partial charge < -0.3 is 21.5 Å². The first-order valence-corrected chi connectivity index (χ1v) is 4.98. The van der Waals surface area contributed by atoms with Gasteiger partial charge in [-0.2, -0.15) is 9.97 Å². The van der Waals surface area contributed by atoms with Gasteiger partial charge in [0.15, 0.2) is 0 Å². The average Bonchev–Trinajstić information content (AvgIpc) is 2.28. The third kappa shape index (κ3) is 2.75. The minimum Gasteiger partial charge on any atom is -0.497 e. The number of nitrogens with two attached hydrogens (primary N) is 2. The lowest BCUT2D eigenvalue weighted by molar-refractivity contribution is 0.415. The summed E-state index contributed by atoms with van der Waals surface area (Å²) in [5, 5.41) is 3.07. The molecule has 0 saturated carbocycles. The fraction of sp³-hybridized carbons (Fsp3) is 0.0909. The zero-order valence-electron chi connectivity index (χ0n) is 9.34. The van der Waals surface area contributed by atoms with Crippen LogP contribution in [-0.4, -0.2) is 17.1 Å². The lowest BCUT2D eigenvalue weighted by atomic mass is 10.3. The maximum Gasteiger partial charge on any atom is 0.223 e. The molecule has 0 spiro atoms. The molecule has 0 atom stereocenters. The number of nitrogens with one attached hydrogen (secondary N) is 1. The van der Waals surface area contributed by atoms with E-state index in [0.717, 1.165) is 11.4 Å². The number of nitrogen functional groups attached to an aromatic ring is 2. The van der Waals surface area contributed by atoms with Gasteiger partial charge in [0.2, 0.25) is 5.95 Å². The number of nitrogens with zero attached hydrogens (tertiary/aromatic N) is 2. The molecule has 2 rings (SSSR count). The van der Waals surface area contributed by atoms with Crippen molar-refractivity contribution in [1.29, 1.82) is 0 Å². The summed E-state index contributed by atoms with van der Waals surface area (Å²) < 4.78 is 5.06. The van der Waals surface area contributed by atoms with Crippen LogP contribution in [-0.2, 0) is 0 Å². The number of aromatic nitrogens is 2. The summed E-state index contributed by atoms with van der Waals surface area (Å²) in [7, 11) is 1.62. The van der Waals surface area contributed by atoms with Crippen molar-refractivity contribution in [3.05, 3.63) is 30.3 Å². The van der Waals surface area contributed by atoms with Gasteiger partial charge in [0.1, 0.15) is 17.4 Å². The van der Waals surface area contributed by atoms with Crippen molar-refractivity contribution in [1.82, 2.24) is 9.97 Å². The second-order valence-corrected chi connectivity index (χ2v) is 3.39. The molecular weight excluding hydrogens is 218 g/mol. The smallest absolute Gasteiger partial charge is 0.223 e. The van der Waals surface area contributed by atoms with Gasteiger partial charge in [-0.1, -0.05) is 0 Å². The largest absolute Gasteiger partial charge is 0.497 e. The molecule has 0 unspecified atom stereocenters. The van der Waals surface area contributed by atoms with Gasteiger partial charge in [0.25, 0.3) is 0 Å².